The van der Waals surface area contributed by atoms with Crippen molar-refractivity contribution < 1.29 is 4.39 Å². The Morgan fingerprint density at radius 2 is 1.94 bits per heavy atom. The lowest BCUT2D eigenvalue weighted by atomic mass is 9.93. The standard InChI is InChI=1S/C13H13FN4/c14-10-6-4-9(5-7-10)12-8-15-18-13(17-12)16-11-2-1-3-11/h4-8,11H,1-3H2,(H,16,17,18). The summed E-state index contributed by atoms with van der Waals surface area (Å²) in [4.78, 5) is 4.39. The van der Waals surface area contributed by atoms with Gasteiger partial charge in [-0.1, -0.05) is 0 Å². The molecule has 1 aliphatic rings. The van der Waals surface area contributed by atoms with Gasteiger partial charge >= 0.3 is 0 Å². The van der Waals surface area contributed by atoms with Crippen LogP contribution in [-0.4, -0.2) is 21.2 Å². The predicted molar refractivity (Wildman–Crippen MR) is 66.5 cm³/mol. The Labute approximate surface area is 104 Å². The average Bonchev–Trinajstić information content (AvgIpc) is 2.35. The molecule has 1 aromatic heterocycles. The topological polar surface area (TPSA) is 50.7 Å². The summed E-state index contributed by atoms with van der Waals surface area (Å²) in [6.45, 7) is 0. The van der Waals surface area contributed by atoms with Gasteiger partial charge in [0, 0.05) is 11.6 Å². The largest absolute Gasteiger partial charge is 0.350 e. The Hall–Kier alpha value is -2.04. The van der Waals surface area contributed by atoms with Gasteiger partial charge < -0.3 is 5.32 Å². The summed E-state index contributed by atoms with van der Waals surface area (Å²) in [5.74, 6) is 0.287. The van der Waals surface area contributed by atoms with Crippen LogP contribution >= 0.6 is 0 Å². The van der Waals surface area contributed by atoms with E-state index in [-0.39, 0.29) is 5.82 Å². The van der Waals surface area contributed by atoms with Crippen LogP contribution in [0.3, 0.4) is 0 Å². The van der Waals surface area contributed by atoms with Crippen molar-refractivity contribution >= 4 is 5.95 Å². The van der Waals surface area contributed by atoms with Crippen LogP contribution in [0.5, 0.6) is 0 Å². The van der Waals surface area contributed by atoms with Crippen LogP contribution in [0.1, 0.15) is 19.3 Å². The van der Waals surface area contributed by atoms with Crippen molar-refractivity contribution in [1.82, 2.24) is 15.2 Å². The molecule has 0 aliphatic heterocycles. The van der Waals surface area contributed by atoms with E-state index in [1.54, 1.807) is 18.3 Å². The molecule has 92 valence electrons. The predicted octanol–water partition coefficient (Wildman–Crippen LogP) is 2.64. The van der Waals surface area contributed by atoms with E-state index in [4.69, 9.17) is 0 Å². The van der Waals surface area contributed by atoms with Crippen LogP contribution in [-0.2, 0) is 0 Å². The number of halogens is 1. The summed E-state index contributed by atoms with van der Waals surface area (Å²) in [6, 6.07) is 6.67. The van der Waals surface area contributed by atoms with E-state index in [9.17, 15) is 4.39 Å². The van der Waals surface area contributed by atoms with Gasteiger partial charge in [0.2, 0.25) is 5.95 Å². The second-order valence-corrected chi connectivity index (χ2v) is 4.44. The number of benzene rings is 1. The molecule has 0 spiro atoms. The molecule has 1 aliphatic carbocycles. The third kappa shape index (κ3) is 2.30. The number of hydrogen-bond acceptors (Lipinski definition) is 4. The molecule has 0 unspecified atom stereocenters. The molecule has 0 atom stereocenters. The average molecular weight is 244 g/mol. The third-order valence-corrected chi connectivity index (χ3v) is 3.14. The van der Waals surface area contributed by atoms with E-state index in [0.29, 0.717) is 17.7 Å². The number of rotatable bonds is 3. The molecule has 5 heteroatoms. The zero-order chi connectivity index (χ0) is 12.4. The summed E-state index contributed by atoms with van der Waals surface area (Å²) in [5, 5.41) is 11.1. The van der Waals surface area contributed by atoms with Crippen molar-refractivity contribution in [3.63, 3.8) is 0 Å². The molecule has 0 bridgehead atoms. The van der Waals surface area contributed by atoms with E-state index < -0.39 is 0 Å². The van der Waals surface area contributed by atoms with E-state index >= 15 is 0 Å². The zero-order valence-electron chi connectivity index (χ0n) is 9.81. The molecule has 1 N–H and O–H groups in total. The van der Waals surface area contributed by atoms with Crippen molar-refractivity contribution in [2.75, 3.05) is 5.32 Å². The SMILES string of the molecule is Fc1ccc(-c2cnnc(NC3CCC3)n2)cc1. The molecule has 4 nitrogen and oxygen atoms in total. The fourth-order valence-corrected chi connectivity index (χ4v) is 1.86. The molecular weight excluding hydrogens is 231 g/mol. The highest BCUT2D eigenvalue weighted by Gasteiger charge is 2.18. The summed E-state index contributed by atoms with van der Waals surface area (Å²) >= 11 is 0. The van der Waals surface area contributed by atoms with Crippen LogP contribution in [0, 0.1) is 5.82 Å². The second kappa shape index (κ2) is 4.68. The molecule has 18 heavy (non-hydrogen) atoms. The van der Waals surface area contributed by atoms with Crippen molar-refractivity contribution in [2.45, 2.75) is 25.3 Å². The van der Waals surface area contributed by atoms with Crippen LogP contribution in [0.2, 0.25) is 0 Å². The van der Waals surface area contributed by atoms with Gasteiger partial charge in [0.15, 0.2) is 0 Å². The lowest BCUT2D eigenvalue weighted by molar-refractivity contribution is 0.442. The molecule has 0 radical (unpaired) electrons. The lowest BCUT2D eigenvalue weighted by Crippen LogP contribution is -2.28. The monoisotopic (exact) mass is 244 g/mol. The summed E-state index contributed by atoms with van der Waals surface area (Å²) < 4.78 is 12.8. The number of hydrogen-bond donors (Lipinski definition) is 1. The van der Waals surface area contributed by atoms with Gasteiger partial charge in [0.1, 0.15) is 5.82 Å². The molecule has 2 aromatic rings. The number of anilines is 1. The van der Waals surface area contributed by atoms with E-state index in [2.05, 4.69) is 20.5 Å². The normalized spacial score (nSPS) is 15.2. The van der Waals surface area contributed by atoms with Crippen LogP contribution in [0.4, 0.5) is 10.3 Å². The van der Waals surface area contributed by atoms with Gasteiger partial charge in [0.05, 0.1) is 11.9 Å². The van der Waals surface area contributed by atoms with Crippen LogP contribution < -0.4 is 5.32 Å². The quantitative estimate of drug-likeness (QED) is 0.901. The van der Waals surface area contributed by atoms with Crippen molar-refractivity contribution in [1.29, 1.82) is 0 Å². The summed E-state index contributed by atoms with van der Waals surface area (Å²) in [5.41, 5.74) is 1.54. The highest BCUT2D eigenvalue weighted by Crippen LogP contribution is 2.22. The highest BCUT2D eigenvalue weighted by atomic mass is 19.1. The van der Waals surface area contributed by atoms with Crippen LogP contribution in [0.15, 0.2) is 30.5 Å². The lowest BCUT2D eigenvalue weighted by Gasteiger charge is -2.26. The fourth-order valence-electron chi connectivity index (χ4n) is 1.86. The smallest absolute Gasteiger partial charge is 0.243 e. The van der Waals surface area contributed by atoms with Gasteiger partial charge in [-0.05, 0) is 43.5 Å². The number of nitrogens with zero attached hydrogens (tertiary/aromatic N) is 3. The molecule has 3 rings (SSSR count). The van der Waals surface area contributed by atoms with Gasteiger partial charge in [-0.3, -0.25) is 0 Å². The number of aromatic nitrogens is 3. The van der Waals surface area contributed by atoms with Gasteiger partial charge in [-0.25, -0.2) is 9.37 Å². The minimum absolute atomic E-state index is 0.256. The second-order valence-electron chi connectivity index (χ2n) is 4.44. The van der Waals surface area contributed by atoms with E-state index in [1.165, 1.54) is 18.6 Å². The van der Waals surface area contributed by atoms with E-state index in [0.717, 1.165) is 18.4 Å². The molecule has 0 saturated heterocycles. The first-order valence-electron chi connectivity index (χ1n) is 6.03. The Bertz CT molecular complexity index is 537. The minimum atomic E-state index is -0.256. The summed E-state index contributed by atoms with van der Waals surface area (Å²) in [7, 11) is 0. The maximum absolute atomic E-state index is 12.8. The maximum atomic E-state index is 12.8. The third-order valence-electron chi connectivity index (χ3n) is 3.14. The van der Waals surface area contributed by atoms with Crippen molar-refractivity contribution in [2.24, 2.45) is 0 Å². The molecule has 1 saturated carbocycles. The number of nitrogens with one attached hydrogen (secondary N) is 1. The molecule has 1 aromatic carbocycles. The molecule has 1 fully saturated rings. The Kier molecular flexibility index (Phi) is 2.88. The Morgan fingerprint density at radius 1 is 1.17 bits per heavy atom. The van der Waals surface area contributed by atoms with Crippen LogP contribution in [0.25, 0.3) is 11.3 Å². The zero-order valence-corrected chi connectivity index (χ0v) is 9.81. The first-order chi connectivity index (χ1) is 8.81. The minimum Gasteiger partial charge on any atom is -0.350 e. The maximum Gasteiger partial charge on any atom is 0.243 e. The Balaban J connectivity index is 1.83. The Morgan fingerprint density at radius 3 is 2.61 bits per heavy atom. The highest BCUT2D eigenvalue weighted by molar-refractivity contribution is 5.58. The summed E-state index contributed by atoms with van der Waals surface area (Å²) in [6.07, 6.45) is 5.15. The van der Waals surface area contributed by atoms with Gasteiger partial charge in [-0.15, -0.1) is 5.10 Å². The van der Waals surface area contributed by atoms with E-state index in [1.807, 2.05) is 0 Å². The van der Waals surface area contributed by atoms with Crippen molar-refractivity contribution in [3.05, 3.63) is 36.3 Å². The van der Waals surface area contributed by atoms with Gasteiger partial charge in [-0.2, -0.15) is 5.10 Å². The molecular formula is C13H13FN4. The molecule has 0 amide bonds. The van der Waals surface area contributed by atoms with Gasteiger partial charge in [0.25, 0.3) is 0 Å². The van der Waals surface area contributed by atoms with Crippen molar-refractivity contribution in [3.8, 4) is 11.3 Å². The fraction of sp³-hybridized carbons (Fsp3) is 0.308. The molecule has 1 heterocycles. The first-order valence-corrected chi connectivity index (χ1v) is 6.03. The first kappa shape index (κ1) is 11.1.